The first-order valence-corrected chi connectivity index (χ1v) is 3.78. The fourth-order valence-corrected chi connectivity index (χ4v) is 0.894. The van der Waals surface area contributed by atoms with Crippen molar-refractivity contribution in [2.24, 2.45) is 0 Å². The largest absolute Gasteiger partial charge is 0.573 e. The van der Waals surface area contributed by atoms with Gasteiger partial charge in [-0.1, -0.05) is 0 Å². The number of nitrogens with zero attached hydrogens (tertiary/aromatic N) is 1. The van der Waals surface area contributed by atoms with Gasteiger partial charge in [-0.2, -0.15) is 0 Å². The summed E-state index contributed by atoms with van der Waals surface area (Å²) in [5.41, 5.74) is -0.758. The van der Waals surface area contributed by atoms with Crippen LogP contribution in [-0.4, -0.2) is 16.6 Å². The van der Waals surface area contributed by atoms with Crippen molar-refractivity contribution in [2.75, 3.05) is 0 Å². The number of carbonyl (C=O) groups excluding carboxylic acids is 1. The van der Waals surface area contributed by atoms with Crippen LogP contribution in [0, 0.1) is 5.82 Å². The molecule has 0 aliphatic rings. The van der Waals surface area contributed by atoms with Crippen LogP contribution in [-0.2, 0) is 0 Å². The van der Waals surface area contributed by atoms with E-state index in [1.54, 1.807) is 0 Å². The Morgan fingerprint density at radius 3 is 2.47 bits per heavy atom. The summed E-state index contributed by atoms with van der Waals surface area (Å²) in [7, 11) is 0. The zero-order valence-electron chi connectivity index (χ0n) is 6.81. The van der Waals surface area contributed by atoms with Gasteiger partial charge in [0.25, 0.3) is 5.24 Å². The van der Waals surface area contributed by atoms with Gasteiger partial charge in [0.15, 0.2) is 17.3 Å². The number of hydrogen-bond donors (Lipinski definition) is 0. The van der Waals surface area contributed by atoms with Crippen molar-refractivity contribution in [3.8, 4) is 5.75 Å². The molecule has 0 saturated carbocycles. The number of ether oxygens (including phenoxy) is 1. The number of rotatable bonds is 2. The number of halogens is 5. The van der Waals surface area contributed by atoms with E-state index in [9.17, 15) is 22.4 Å². The summed E-state index contributed by atoms with van der Waals surface area (Å²) < 4.78 is 51.2. The zero-order chi connectivity index (χ0) is 11.6. The molecular weight excluding hydrogens is 242 g/mol. The fourth-order valence-electron chi connectivity index (χ4n) is 0.754. The van der Waals surface area contributed by atoms with E-state index < -0.39 is 28.9 Å². The molecule has 0 fully saturated rings. The van der Waals surface area contributed by atoms with Crippen molar-refractivity contribution in [3.05, 3.63) is 23.8 Å². The Labute approximate surface area is 85.6 Å². The van der Waals surface area contributed by atoms with Gasteiger partial charge in [-0.3, -0.25) is 4.79 Å². The molecule has 82 valence electrons. The van der Waals surface area contributed by atoms with Crippen molar-refractivity contribution in [2.45, 2.75) is 6.36 Å². The Morgan fingerprint density at radius 2 is 2.07 bits per heavy atom. The van der Waals surface area contributed by atoms with E-state index in [-0.39, 0.29) is 0 Å². The predicted octanol–water partition coefficient (Wildman–Crippen LogP) is 2.50. The van der Waals surface area contributed by atoms with E-state index in [1.807, 2.05) is 0 Å². The minimum Gasteiger partial charge on any atom is -0.404 e. The van der Waals surface area contributed by atoms with Crippen LogP contribution in [0.3, 0.4) is 0 Å². The fraction of sp³-hybridized carbons (Fsp3) is 0.143. The first-order valence-electron chi connectivity index (χ1n) is 3.41. The Morgan fingerprint density at radius 1 is 1.47 bits per heavy atom. The maximum atomic E-state index is 12.9. The molecule has 3 nitrogen and oxygen atoms in total. The molecule has 0 aliphatic heterocycles. The van der Waals surface area contributed by atoms with Crippen molar-refractivity contribution in [1.82, 2.24) is 4.98 Å². The highest BCUT2D eigenvalue weighted by Crippen LogP contribution is 2.23. The molecule has 0 saturated heterocycles. The number of hydrogen-bond acceptors (Lipinski definition) is 3. The minimum absolute atomic E-state index is 0.371. The van der Waals surface area contributed by atoms with Crippen LogP contribution < -0.4 is 4.74 Å². The number of carbonyl (C=O) groups is 1. The van der Waals surface area contributed by atoms with Gasteiger partial charge in [-0.25, -0.2) is 9.37 Å². The third-order valence-electron chi connectivity index (χ3n) is 1.24. The highest BCUT2D eigenvalue weighted by atomic mass is 35.5. The standard InChI is InChI=1S/C7H2ClF4NO2/c8-6(14)5-4(9)1-3(2-13-5)15-7(10,11)12/h1-2H. The summed E-state index contributed by atoms with van der Waals surface area (Å²) in [6, 6.07) is 0.371. The van der Waals surface area contributed by atoms with Crippen LogP contribution in [0.2, 0.25) is 0 Å². The Balaban J connectivity index is 2.97. The van der Waals surface area contributed by atoms with E-state index in [0.29, 0.717) is 12.3 Å². The topological polar surface area (TPSA) is 39.2 Å². The summed E-state index contributed by atoms with van der Waals surface area (Å²) in [5, 5.41) is -1.20. The van der Waals surface area contributed by atoms with Gasteiger partial charge >= 0.3 is 6.36 Å². The molecule has 0 aromatic carbocycles. The van der Waals surface area contributed by atoms with Gasteiger partial charge in [0, 0.05) is 6.07 Å². The average Bonchev–Trinajstić information content (AvgIpc) is 1.99. The lowest BCUT2D eigenvalue weighted by molar-refractivity contribution is -0.274. The summed E-state index contributed by atoms with van der Waals surface area (Å²) >= 11 is 4.89. The van der Waals surface area contributed by atoms with Gasteiger partial charge in [0.2, 0.25) is 0 Å². The highest BCUT2D eigenvalue weighted by molar-refractivity contribution is 6.67. The van der Waals surface area contributed by atoms with Crippen molar-refractivity contribution >= 4 is 16.8 Å². The Bertz CT molecular complexity index is 393. The van der Waals surface area contributed by atoms with Gasteiger partial charge in [0.05, 0.1) is 6.20 Å². The van der Waals surface area contributed by atoms with Gasteiger partial charge in [-0.05, 0) is 11.6 Å². The molecule has 1 rings (SSSR count). The number of pyridine rings is 1. The first kappa shape index (κ1) is 11.7. The number of alkyl halides is 3. The van der Waals surface area contributed by atoms with Crippen molar-refractivity contribution < 1.29 is 27.1 Å². The molecule has 0 N–H and O–H groups in total. The third-order valence-corrected chi connectivity index (χ3v) is 1.41. The maximum Gasteiger partial charge on any atom is 0.573 e. The lowest BCUT2D eigenvalue weighted by atomic mass is 10.3. The lowest BCUT2D eigenvalue weighted by Crippen LogP contribution is -2.17. The van der Waals surface area contributed by atoms with Crippen LogP contribution in [0.1, 0.15) is 10.5 Å². The quantitative estimate of drug-likeness (QED) is 0.592. The monoisotopic (exact) mass is 243 g/mol. The Kier molecular flexibility index (Phi) is 3.13. The highest BCUT2D eigenvalue weighted by Gasteiger charge is 2.31. The normalized spacial score (nSPS) is 11.3. The molecule has 0 radical (unpaired) electrons. The van der Waals surface area contributed by atoms with E-state index in [0.717, 1.165) is 0 Å². The molecule has 0 amide bonds. The van der Waals surface area contributed by atoms with Crippen LogP contribution in [0.4, 0.5) is 17.6 Å². The summed E-state index contributed by atoms with van der Waals surface area (Å²) in [4.78, 5) is 13.5. The summed E-state index contributed by atoms with van der Waals surface area (Å²) in [6.07, 6.45) is -4.40. The molecule has 0 spiro atoms. The average molecular weight is 244 g/mol. The second kappa shape index (κ2) is 4.01. The smallest absolute Gasteiger partial charge is 0.404 e. The lowest BCUT2D eigenvalue weighted by Gasteiger charge is -2.08. The molecule has 0 aliphatic carbocycles. The van der Waals surface area contributed by atoms with Crippen molar-refractivity contribution in [3.63, 3.8) is 0 Å². The van der Waals surface area contributed by atoms with Gasteiger partial charge in [0.1, 0.15) is 0 Å². The molecule has 0 unspecified atom stereocenters. The molecule has 15 heavy (non-hydrogen) atoms. The molecule has 1 aromatic rings. The van der Waals surface area contributed by atoms with E-state index in [1.165, 1.54) is 0 Å². The van der Waals surface area contributed by atoms with E-state index in [2.05, 4.69) is 9.72 Å². The van der Waals surface area contributed by atoms with E-state index in [4.69, 9.17) is 11.6 Å². The second-order valence-electron chi connectivity index (χ2n) is 2.32. The SMILES string of the molecule is O=C(Cl)c1ncc(OC(F)(F)F)cc1F. The summed E-state index contributed by atoms with van der Waals surface area (Å²) in [5.74, 6) is -2.14. The third kappa shape index (κ3) is 3.35. The molecule has 1 heterocycles. The van der Waals surface area contributed by atoms with Crippen LogP contribution in [0.25, 0.3) is 0 Å². The van der Waals surface area contributed by atoms with Crippen LogP contribution in [0.15, 0.2) is 12.3 Å². The molecule has 0 bridgehead atoms. The molecule has 1 aromatic heterocycles. The molecule has 0 atom stereocenters. The first-order chi connectivity index (χ1) is 6.79. The predicted molar refractivity (Wildman–Crippen MR) is 41.1 cm³/mol. The number of aromatic nitrogens is 1. The van der Waals surface area contributed by atoms with Crippen LogP contribution in [0.5, 0.6) is 5.75 Å². The summed E-state index contributed by atoms with van der Waals surface area (Å²) in [6.45, 7) is 0. The molecule has 8 heteroatoms. The zero-order valence-corrected chi connectivity index (χ0v) is 7.56. The van der Waals surface area contributed by atoms with E-state index >= 15 is 0 Å². The van der Waals surface area contributed by atoms with Crippen LogP contribution >= 0.6 is 11.6 Å². The Hall–Kier alpha value is -1.37. The second-order valence-corrected chi connectivity index (χ2v) is 2.67. The minimum atomic E-state index is -4.94. The van der Waals surface area contributed by atoms with Crippen molar-refractivity contribution in [1.29, 1.82) is 0 Å². The van der Waals surface area contributed by atoms with Gasteiger partial charge in [-0.15, -0.1) is 13.2 Å². The molecular formula is C7H2ClF4NO2. The maximum absolute atomic E-state index is 12.9. The van der Waals surface area contributed by atoms with Gasteiger partial charge < -0.3 is 4.74 Å².